The lowest BCUT2D eigenvalue weighted by Crippen LogP contribution is -2.12. The lowest BCUT2D eigenvalue weighted by Gasteiger charge is -2.28. The molecule has 0 aliphatic heterocycles. The van der Waals surface area contributed by atoms with Gasteiger partial charge >= 0.3 is 0 Å². The fraction of sp³-hybridized carbons (Fsp3) is 0. The van der Waals surface area contributed by atoms with E-state index >= 15 is 0 Å². The number of nitrogens with zero attached hydrogens (tertiary/aromatic N) is 2. The Balaban J connectivity index is 1.14. The van der Waals surface area contributed by atoms with Gasteiger partial charge in [0, 0.05) is 34.1 Å². The van der Waals surface area contributed by atoms with E-state index < -0.39 is 0 Å². The zero-order chi connectivity index (χ0) is 34.4. The molecule has 2 aliphatic carbocycles. The van der Waals surface area contributed by atoms with Crippen molar-refractivity contribution in [1.82, 2.24) is 0 Å². The van der Waals surface area contributed by atoms with E-state index in [1.807, 2.05) is 0 Å². The summed E-state index contributed by atoms with van der Waals surface area (Å²) in [5, 5.41) is 0. The van der Waals surface area contributed by atoms with Gasteiger partial charge in [0.25, 0.3) is 0 Å². The highest BCUT2D eigenvalue weighted by molar-refractivity contribution is 6.19. The summed E-state index contributed by atoms with van der Waals surface area (Å²) in [7, 11) is 0. The average Bonchev–Trinajstić information content (AvgIpc) is 3.72. The lowest BCUT2D eigenvalue weighted by molar-refractivity contribution is 1.25. The molecular weight excluding hydrogens is 629 g/mol. The summed E-state index contributed by atoms with van der Waals surface area (Å²) in [6.45, 7) is 0. The fourth-order valence-electron chi connectivity index (χ4n) is 8.13. The quantitative estimate of drug-likeness (QED) is 0.175. The fourth-order valence-corrected chi connectivity index (χ4v) is 8.13. The molecule has 0 bridgehead atoms. The number of hydrogen-bond acceptors (Lipinski definition) is 2. The molecule has 0 heterocycles. The van der Waals surface area contributed by atoms with Gasteiger partial charge in [-0.25, -0.2) is 0 Å². The number of anilines is 6. The molecule has 0 saturated heterocycles. The predicted molar refractivity (Wildman–Crippen MR) is 218 cm³/mol. The van der Waals surface area contributed by atoms with Crippen LogP contribution in [0.1, 0.15) is 22.3 Å². The molecular formula is C50H34N2. The van der Waals surface area contributed by atoms with Crippen LogP contribution in [0.25, 0.3) is 33.4 Å². The molecule has 2 aliphatic rings. The van der Waals surface area contributed by atoms with Crippen LogP contribution in [0.4, 0.5) is 34.1 Å². The maximum absolute atomic E-state index is 2.41. The highest BCUT2D eigenvalue weighted by Crippen LogP contribution is 2.55. The second-order valence-corrected chi connectivity index (χ2v) is 13.3. The van der Waals surface area contributed by atoms with Crippen molar-refractivity contribution >= 4 is 45.3 Å². The summed E-state index contributed by atoms with van der Waals surface area (Å²) < 4.78 is 0. The number of benzene rings is 8. The molecule has 244 valence electrons. The number of hydrogen-bond donors (Lipinski definition) is 0. The smallest absolute Gasteiger partial charge is 0.0468 e. The molecule has 0 spiro atoms. The van der Waals surface area contributed by atoms with Gasteiger partial charge in [0.05, 0.1) is 0 Å². The van der Waals surface area contributed by atoms with E-state index in [1.165, 1.54) is 55.7 Å². The standard InChI is InChI=1S/C50H34N2/c1-4-16-35(17-5-1)51(36-18-6-2-7-19-36)38-28-30-39(31-29-38)52(37-20-8-3-9-21-37)40-32-33-44-43-24-12-15-27-47(43)50(48(44)34-40)49-45-25-13-10-22-41(45)42-23-11-14-26-46(42)49/h1-34H. The van der Waals surface area contributed by atoms with Crippen LogP contribution in [0.2, 0.25) is 0 Å². The van der Waals surface area contributed by atoms with Crippen LogP contribution >= 0.6 is 0 Å². The molecule has 2 nitrogen and oxygen atoms in total. The molecule has 10 rings (SSSR count). The Bertz CT molecular complexity index is 2520. The SMILES string of the molecule is c1ccc(N(c2ccccc2)c2ccc(N(c3ccccc3)c3ccc4c(c3)C(=C3c5ccccc5-c5ccccc53)c3ccccc3-4)cc2)cc1. The van der Waals surface area contributed by atoms with Crippen LogP contribution in [-0.2, 0) is 0 Å². The number of para-hydroxylation sites is 3. The third kappa shape index (κ3) is 4.88. The molecule has 0 atom stereocenters. The molecule has 0 unspecified atom stereocenters. The summed E-state index contributed by atoms with van der Waals surface area (Å²) in [5.41, 5.74) is 19.6. The minimum atomic E-state index is 1.09. The molecule has 0 fully saturated rings. The number of fused-ring (bicyclic) bond motifs is 6. The van der Waals surface area contributed by atoms with Gasteiger partial charge in [-0.3, -0.25) is 0 Å². The average molecular weight is 663 g/mol. The second-order valence-electron chi connectivity index (χ2n) is 13.3. The van der Waals surface area contributed by atoms with E-state index in [0.717, 1.165) is 34.1 Å². The molecule has 0 radical (unpaired) electrons. The topological polar surface area (TPSA) is 6.48 Å². The highest BCUT2D eigenvalue weighted by atomic mass is 15.2. The van der Waals surface area contributed by atoms with Crippen LogP contribution < -0.4 is 9.80 Å². The van der Waals surface area contributed by atoms with Crippen molar-refractivity contribution in [3.8, 4) is 22.3 Å². The first-order valence-corrected chi connectivity index (χ1v) is 17.9. The van der Waals surface area contributed by atoms with Gasteiger partial charge in [-0.05, 0) is 128 Å². The van der Waals surface area contributed by atoms with Crippen LogP contribution in [0.5, 0.6) is 0 Å². The lowest BCUT2D eigenvalue weighted by atomic mass is 9.91. The zero-order valence-electron chi connectivity index (χ0n) is 28.5. The predicted octanol–water partition coefficient (Wildman–Crippen LogP) is 13.6. The van der Waals surface area contributed by atoms with E-state index in [2.05, 4.69) is 216 Å². The molecule has 8 aromatic carbocycles. The Labute approximate surface area is 304 Å². The molecule has 2 heteroatoms. The molecule has 8 aromatic rings. The molecule has 0 N–H and O–H groups in total. The first-order valence-electron chi connectivity index (χ1n) is 17.9. The maximum Gasteiger partial charge on any atom is 0.0468 e. The van der Waals surface area contributed by atoms with E-state index in [0.29, 0.717) is 0 Å². The minimum absolute atomic E-state index is 1.09. The van der Waals surface area contributed by atoms with Crippen LogP contribution in [-0.4, -0.2) is 0 Å². The van der Waals surface area contributed by atoms with Crippen molar-refractivity contribution in [3.63, 3.8) is 0 Å². The van der Waals surface area contributed by atoms with Gasteiger partial charge < -0.3 is 9.80 Å². The molecule has 0 aromatic heterocycles. The van der Waals surface area contributed by atoms with Crippen LogP contribution in [0.15, 0.2) is 206 Å². The first kappa shape index (κ1) is 30.0. The van der Waals surface area contributed by atoms with E-state index in [4.69, 9.17) is 0 Å². The normalized spacial score (nSPS) is 12.2. The van der Waals surface area contributed by atoms with Gasteiger partial charge in [0.15, 0.2) is 0 Å². The van der Waals surface area contributed by atoms with Crippen molar-refractivity contribution in [2.75, 3.05) is 9.80 Å². The Morgan fingerprint density at radius 3 is 0.865 bits per heavy atom. The third-order valence-electron chi connectivity index (χ3n) is 10.4. The largest absolute Gasteiger partial charge is 0.311 e. The van der Waals surface area contributed by atoms with E-state index in [-0.39, 0.29) is 0 Å². The second kappa shape index (κ2) is 12.5. The first-order chi connectivity index (χ1) is 25.8. The zero-order valence-corrected chi connectivity index (χ0v) is 28.5. The molecule has 52 heavy (non-hydrogen) atoms. The maximum atomic E-state index is 2.41. The van der Waals surface area contributed by atoms with Gasteiger partial charge in [-0.1, -0.05) is 133 Å². The van der Waals surface area contributed by atoms with Gasteiger partial charge in [0.1, 0.15) is 0 Å². The molecule has 0 saturated carbocycles. The van der Waals surface area contributed by atoms with Crippen molar-refractivity contribution in [3.05, 3.63) is 229 Å². The van der Waals surface area contributed by atoms with Crippen molar-refractivity contribution in [2.45, 2.75) is 0 Å². The summed E-state index contributed by atoms with van der Waals surface area (Å²) in [6, 6.07) is 74.4. The highest BCUT2D eigenvalue weighted by Gasteiger charge is 2.32. The van der Waals surface area contributed by atoms with Crippen molar-refractivity contribution < 1.29 is 0 Å². The van der Waals surface area contributed by atoms with E-state index in [9.17, 15) is 0 Å². The minimum Gasteiger partial charge on any atom is -0.311 e. The van der Waals surface area contributed by atoms with Gasteiger partial charge in [-0.2, -0.15) is 0 Å². The Kier molecular flexibility index (Phi) is 7.18. The van der Waals surface area contributed by atoms with Crippen LogP contribution in [0.3, 0.4) is 0 Å². The van der Waals surface area contributed by atoms with Crippen molar-refractivity contribution in [1.29, 1.82) is 0 Å². The van der Waals surface area contributed by atoms with Crippen molar-refractivity contribution in [2.24, 2.45) is 0 Å². The Hall–Kier alpha value is -6.90. The van der Waals surface area contributed by atoms with E-state index in [1.54, 1.807) is 0 Å². The monoisotopic (exact) mass is 662 g/mol. The summed E-state index contributed by atoms with van der Waals surface area (Å²) in [4.78, 5) is 4.68. The summed E-state index contributed by atoms with van der Waals surface area (Å²) >= 11 is 0. The molecule has 0 amide bonds. The number of rotatable bonds is 6. The third-order valence-corrected chi connectivity index (χ3v) is 10.4. The van der Waals surface area contributed by atoms with Gasteiger partial charge in [0.2, 0.25) is 0 Å². The summed E-state index contributed by atoms with van der Waals surface area (Å²) in [6.07, 6.45) is 0. The summed E-state index contributed by atoms with van der Waals surface area (Å²) in [5.74, 6) is 0. The Morgan fingerprint density at radius 2 is 0.462 bits per heavy atom. The van der Waals surface area contributed by atoms with Gasteiger partial charge in [-0.15, -0.1) is 0 Å². The Morgan fingerprint density at radius 1 is 0.192 bits per heavy atom. The van der Waals surface area contributed by atoms with Crippen LogP contribution in [0, 0.1) is 0 Å².